The van der Waals surface area contributed by atoms with Gasteiger partial charge in [0.15, 0.2) is 5.96 Å². The number of guanidine groups is 1. The number of nitrogens with one attached hydrogen (secondary N) is 1. The summed E-state index contributed by atoms with van der Waals surface area (Å²) < 4.78 is 13.9. The Labute approximate surface area is 154 Å². The molecule has 2 fully saturated rings. The Morgan fingerprint density at radius 2 is 2.19 bits per heavy atom. The lowest BCUT2D eigenvalue weighted by Crippen LogP contribution is -2.53. The molecule has 4 heterocycles. The van der Waals surface area contributed by atoms with Crippen molar-refractivity contribution < 1.29 is 9.47 Å². The van der Waals surface area contributed by atoms with Gasteiger partial charge in [-0.1, -0.05) is 6.07 Å². The van der Waals surface area contributed by atoms with Gasteiger partial charge in [-0.25, -0.2) is 4.98 Å². The number of nitrogens with zero attached hydrogens (tertiary/aromatic N) is 4. The highest BCUT2D eigenvalue weighted by molar-refractivity contribution is 5.80. The maximum absolute atomic E-state index is 5.94. The highest BCUT2D eigenvalue weighted by atomic mass is 16.5. The normalized spacial score (nSPS) is 24.4. The van der Waals surface area contributed by atoms with Crippen LogP contribution in [0.15, 0.2) is 29.4 Å². The third-order valence-electron chi connectivity index (χ3n) is 5.16. The van der Waals surface area contributed by atoms with Crippen molar-refractivity contribution in [3.05, 3.63) is 35.8 Å². The van der Waals surface area contributed by atoms with Crippen LogP contribution < -0.4 is 5.32 Å². The fraction of sp³-hybridized carbons (Fsp3) is 0.579. The number of aromatic nitrogens is 2. The van der Waals surface area contributed by atoms with Crippen molar-refractivity contribution >= 4 is 11.6 Å². The smallest absolute Gasteiger partial charge is 0.194 e. The third-order valence-corrected chi connectivity index (χ3v) is 5.16. The molecule has 0 saturated carbocycles. The fourth-order valence-electron chi connectivity index (χ4n) is 3.77. The first-order valence-corrected chi connectivity index (χ1v) is 9.37. The number of rotatable bonds is 3. The van der Waals surface area contributed by atoms with Gasteiger partial charge in [-0.3, -0.25) is 4.99 Å². The molecular weight excluding hydrogens is 330 g/mol. The van der Waals surface area contributed by atoms with Crippen LogP contribution in [0.2, 0.25) is 0 Å². The molecule has 4 rings (SSSR count). The molecule has 140 valence electrons. The molecule has 2 aliphatic heterocycles. The largest absolute Gasteiger partial charge is 0.375 e. The molecule has 7 heteroatoms. The van der Waals surface area contributed by atoms with E-state index in [9.17, 15) is 0 Å². The van der Waals surface area contributed by atoms with E-state index in [1.165, 1.54) is 5.69 Å². The molecular formula is C19H27N5O2. The Morgan fingerprint density at radius 1 is 1.31 bits per heavy atom. The van der Waals surface area contributed by atoms with E-state index in [1.54, 1.807) is 0 Å². The summed E-state index contributed by atoms with van der Waals surface area (Å²) in [7, 11) is 1.83. The van der Waals surface area contributed by atoms with Crippen LogP contribution in [-0.2, 0) is 16.0 Å². The second-order valence-corrected chi connectivity index (χ2v) is 6.94. The lowest BCUT2D eigenvalue weighted by atomic mass is 10.1. The second kappa shape index (κ2) is 7.63. The first kappa shape index (κ1) is 17.3. The molecule has 0 bridgehead atoms. The number of fused-ring (bicyclic) bond motifs is 1. The zero-order valence-corrected chi connectivity index (χ0v) is 15.5. The molecule has 26 heavy (non-hydrogen) atoms. The Bertz CT molecular complexity index is 781. The van der Waals surface area contributed by atoms with E-state index >= 15 is 0 Å². The van der Waals surface area contributed by atoms with Gasteiger partial charge in [0.1, 0.15) is 11.8 Å². The minimum absolute atomic E-state index is 0.127. The average molecular weight is 357 g/mol. The third kappa shape index (κ3) is 3.54. The molecule has 0 aromatic carbocycles. The van der Waals surface area contributed by atoms with Crippen LogP contribution in [0.1, 0.15) is 24.2 Å². The maximum atomic E-state index is 5.94. The molecule has 2 unspecified atom stereocenters. The number of aliphatic imine (C=N–C) groups is 1. The number of aryl methyl sites for hydroxylation is 1. The van der Waals surface area contributed by atoms with E-state index in [-0.39, 0.29) is 12.2 Å². The Morgan fingerprint density at radius 3 is 2.96 bits per heavy atom. The molecule has 2 aromatic heterocycles. The lowest BCUT2D eigenvalue weighted by molar-refractivity contribution is -0.0817. The molecule has 0 radical (unpaired) electrons. The van der Waals surface area contributed by atoms with Crippen molar-refractivity contribution in [2.24, 2.45) is 4.99 Å². The van der Waals surface area contributed by atoms with Crippen molar-refractivity contribution in [3.63, 3.8) is 0 Å². The topological polar surface area (TPSA) is 63.4 Å². The monoisotopic (exact) mass is 357 g/mol. The molecule has 0 spiro atoms. The molecule has 0 amide bonds. The summed E-state index contributed by atoms with van der Waals surface area (Å²) in [6, 6.07) is 6.15. The number of ether oxygens (including phenoxy) is 2. The molecule has 0 aliphatic carbocycles. The number of hydrogen-bond donors (Lipinski definition) is 1. The predicted octanol–water partition coefficient (Wildman–Crippen LogP) is 1.60. The minimum Gasteiger partial charge on any atom is -0.375 e. The van der Waals surface area contributed by atoms with Crippen molar-refractivity contribution in [2.45, 2.75) is 38.5 Å². The summed E-state index contributed by atoms with van der Waals surface area (Å²) >= 11 is 0. The van der Waals surface area contributed by atoms with Gasteiger partial charge >= 0.3 is 0 Å². The van der Waals surface area contributed by atoms with Gasteiger partial charge in [0.2, 0.25) is 0 Å². The zero-order chi connectivity index (χ0) is 17.9. The van der Waals surface area contributed by atoms with E-state index in [0.29, 0.717) is 13.2 Å². The van der Waals surface area contributed by atoms with E-state index in [1.807, 2.05) is 19.2 Å². The maximum Gasteiger partial charge on any atom is 0.194 e. The van der Waals surface area contributed by atoms with Crippen molar-refractivity contribution in [1.82, 2.24) is 19.6 Å². The SMILES string of the molecule is CN=C(NCc1cn2c(C)cccc2n1)N1CCOC(C2CCCO2)C1. The van der Waals surface area contributed by atoms with Crippen molar-refractivity contribution in [2.75, 3.05) is 33.4 Å². The van der Waals surface area contributed by atoms with Crippen LogP contribution in [0, 0.1) is 6.92 Å². The molecule has 2 aliphatic rings. The van der Waals surface area contributed by atoms with Crippen LogP contribution >= 0.6 is 0 Å². The summed E-state index contributed by atoms with van der Waals surface area (Å²) in [5.41, 5.74) is 3.16. The van der Waals surface area contributed by atoms with Crippen molar-refractivity contribution in [1.29, 1.82) is 0 Å². The van der Waals surface area contributed by atoms with Crippen LogP contribution in [0.3, 0.4) is 0 Å². The average Bonchev–Trinajstić information content (AvgIpc) is 3.33. The molecule has 1 N–H and O–H groups in total. The van der Waals surface area contributed by atoms with Gasteiger partial charge in [0.05, 0.1) is 24.9 Å². The summed E-state index contributed by atoms with van der Waals surface area (Å²) in [5, 5.41) is 3.45. The first-order chi connectivity index (χ1) is 12.7. The summed E-state index contributed by atoms with van der Waals surface area (Å²) in [6.07, 6.45) is 4.65. The van der Waals surface area contributed by atoms with Gasteiger partial charge in [0, 0.05) is 38.6 Å². The predicted molar refractivity (Wildman–Crippen MR) is 100 cm³/mol. The number of morpholine rings is 1. The van der Waals surface area contributed by atoms with E-state index in [4.69, 9.17) is 9.47 Å². The standard InChI is InChI=1S/C19H27N5O2/c1-14-5-3-7-18-22-15(12-24(14)18)11-21-19(20-2)23-8-10-26-17(13-23)16-6-4-9-25-16/h3,5,7,12,16-17H,4,6,8-11,13H2,1-2H3,(H,20,21). The molecule has 2 aromatic rings. The van der Waals surface area contributed by atoms with Crippen LogP contribution in [0.5, 0.6) is 0 Å². The zero-order valence-electron chi connectivity index (χ0n) is 15.5. The van der Waals surface area contributed by atoms with Crippen LogP contribution in [0.4, 0.5) is 0 Å². The molecule has 7 nitrogen and oxygen atoms in total. The number of hydrogen-bond acceptors (Lipinski definition) is 4. The Balaban J connectivity index is 1.39. The minimum atomic E-state index is 0.127. The first-order valence-electron chi connectivity index (χ1n) is 9.37. The van der Waals surface area contributed by atoms with Gasteiger partial charge in [-0.15, -0.1) is 0 Å². The number of imidazole rings is 1. The second-order valence-electron chi connectivity index (χ2n) is 6.94. The number of pyridine rings is 1. The van der Waals surface area contributed by atoms with E-state index < -0.39 is 0 Å². The van der Waals surface area contributed by atoms with E-state index in [0.717, 1.165) is 49.8 Å². The van der Waals surface area contributed by atoms with E-state index in [2.05, 4.69) is 43.8 Å². The lowest BCUT2D eigenvalue weighted by Gasteiger charge is -2.37. The van der Waals surface area contributed by atoms with Crippen LogP contribution in [-0.4, -0.2) is 65.8 Å². The summed E-state index contributed by atoms with van der Waals surface area (Å²) in [6.45, 7) is 5.95. The Kier molecular flexibility index (Phi) is 5.08. The molecule has 2 saturated heterocycles. The summed E-state index contributed by atoms with van der Waals surface area (Å²) in [5.74, 6) is 0.894. The van der Waals surface area contributed by atoms with Gasteiger partial charge in [-0.2, -0.15) is 0 Å². The van der Waals surface area contributed by atoms with Gasteiger partial charge < -0.3 is 24.1 Å². The fourth-order valence-corrected chi connectivity index (χ4v) is 3.77. The highest BCUT2D eigenvalue weighted by Crippen LogP contribution is 2.21. The Hall–Kier alpha value is -2.12. The summed E-state index contributed by atoms with van der Waals surface area (Å²) in [4.78, 5) is 11.4. The van der Waals surface area contributed by atoms with Gasteiger partial charge in [-0.05, 0) is 31.9 Å². The highest BCUT2D eigenvalue weighted by Gasteiger charge is 2.32. The quantitative estimate of drug-likeness (QED) is 0.668. The van der Waals surface area contributed by atoms with Crippen molar-refractivity contribution in [3.8, 4) is 0 Å². The van der Waals surface area contributed by atoms with Gasteiger partial charge in [0.25, 0.3) is 0 Å². The molecule has 2 atom stereocenters. The van der Waals surface area contributed by atoms with Crippen LogP contribution in [0.25, 0.3) is 5.65 Å².